The molecule has 2 aromatic rings. The first-order valence-corrected chi connectivity index (χ1v) is 9.52. The van der Waals surface area contributed by atoms with Crippen LogP contribution in [0.15, 0.2) is 42.5 Å². The highest BCUT2D eigenvalue weighted by atomic mass is 35.5. The lowest BCUT2D eigenvalue weighted by Gasteiger charge is -2.21. The van der Waals surface area contributed by atoms with E-state index in [1.54, 1.807) is 48.7 Å². The van der Waals surface area contributed by atoms with Crippen molar-refractivity contribution in [2.24, 2.45) is 5.92 Å². The summed E-state index contributed by atoms with van der Waals surface area (Å²) in [4.78, 5) is 25.9. The second-order valence-electron chi connectivity index (χ2n) is 6.83. The van der Waals surface area contributed by atoms with E-state index < -0.39 is 11.9 Å². The molecule has 0 spiro atoms. The molecule has 2 amide bonds. The lowest BCUT2D eigenvalue weighted by atomic mass is 10.0. The Morgan fingerprint density at radius 3 is 2.18 bits per heavy atom. The van der Waals surface area contributed by atoms with Gasteiger partial charge in [-0.2, -0.15) is 5.26 Å². The number of carbonyl (C=O) groups is 2. The minimum Gasteiger partial charge on any atom is -0.340 e. The summed E-state index contributed by atoms with van der Waals surface area (Å²) in [5.41, 5.74) is 1.88. The van der Waals surface area contributed by atoms with Crippen LogP contribution >= 0.6 is 23.2 Å². The zero-order chi connectivity index (χ0) is 20.8. The molecule has 2 aromatic carbocycles. The van der Waals surface area contributed by atoms with E-state index in [2.05, 4.69) is 5.32 Å². The summed E-state index contributed by atoms with van der Waals surface area (Å²) in [6, 6.07) is 11.3. The minimum atomic E-state index is -0.769. The maximum Gasteiger partial charge on any atom is 0.257 e. The molecule has 0 aliphatic rings. The van der Waals surface area contributed by atoms with Crippen molar-refractivity contribution in [2.45, 2.75) is 26.3 Å². The van der Waals surface area contributed by atoms with Gasteiger partial charge in [0, 0.05) is 28.2 Å². The van der Waals surface area contributed by atoms with Crippen molar-refractivity contribution >= 4 is 35.0 Å². The first-order valence-electron chi connectivity index (χ1n) is 8.77. The maximum atomic E-state index is 12.6. The Morgan fingerprint density at radius 1 is 1.11 bits per heavy atom. The summed E-state index contributed by atoms with van der Waals surface area (Å²) in [7, 11) is 1.38. The van der Waals surface area contributed by atoms with Crippen molar-refractivity contribution in [2.75, 3.05) is 7.05 Å². The van der Waals surface area contributed by atoms with Crippen LogP contribution in [0.5, 0.6) is 0 Å². The van der Waals surface area contributed by atoms with E-state index in [1.807, 2.05) is 13.8 Å². The van der Waals surface area contributed by atoms with Gasteiger partial charge in [-0.3, -0.25) is 14.5 Å². The molecule has 1 N–H and O–H groups in total. The van der Waals surface area contributed by atoms with Gasteiger partial charge in [0.05, 0.1) is 0 Å². The molecule has 0 aliphatic heterocycles. The van der Waals surface area contributed by atoms with Gasteiger partial charge in [0.2, 0.25) is 0 Å². The number of nitrogens with zero attached hydrogens (tertiary/aromatic N) is 2. The van der Waals surface area contributed by atoms with Gasteiger partial charge >= 0.3 is 0 Å². The molecule has 0 heterocycles. The van der Waals surface area contributed by atoms with Crippen LogP contribution in [0, 0.1) is 17.4 Å². The largest absolute Gasteiger partial charge is 0.340 e. The molecular weight excluding hydrogens is 397 g/mol. The lowest BCUT2D eigenvalue weighted by molar-refractivity contribution is -0.129. The Bertz CT molecular complexity index is 885. The van der Waals surface area contributed by atoms with Crippen LogP contribution in [0.2, 0.25) is 10.0 Å². The predicted molar refractivity (Wildman–Crippen MR) is 111 cm³/mol. The number of rotatable bonds is 6. The van der Waals surface area contributed by atoms with Crippen LogP contribution in [0.4, 0.5) is 0 Å². The molecule has 0 unspecified atom stereocenters. The molecule has 2 rings (SSSR count). The second-order valence-corrected chi connectivity index (χ2v) is 7.64. The molecule has 0 saturated heterocycles. The number of halogens is 2. The van der Waals surface area contributed by atoms with Crippen molar-refractivity contribution in [1.29, 1.82) is 5.26 Å². The van der Waals surface area contributed by atoms with Crippen LogP contribution in [-0.4, -0.2) is 29.8 Å². The van der Waals surface area contributed by atoms with Gasteiger partial charge in [0.25, 0.3) is 11.8 Å². The van der Waals surface area contributed by atoms with Crippen LogP contribution in [0.3, 0.4) is 0 Å². The molecule has 0 aliphatic carbocycles. The average Bonchev–Trinajstić information content (AvgIpc) is 2.66. The molecule has 0 fully saturated rings. The van der Waals surface area contributed by atoms with Gasteiger partial charge in [-0.1, -0.05) is 55.2 Å². The third-order valence-corrected chi connectivity index (χ3v) is 4.82. The molecule has 1 atom stereocenters. The summed E-state index contributed by atoms with van der Waals surface area (Å²) >= 11 is 12.5. The van der Waals surface area contributed by atoms with Gasteiger partial charge in [-0.15, -0.1) is 0 Å². The van der Waals surface area contributed by atoms with Crippen molar-refractivity contribution in [3.63, 3.8) is 0 Å². The van der Waals surface area contributed by atoms with Crippen LogP contribution < -0.4 is 5.32 Å². The van der Waals surface area contributed by atoms with E-state index in [9.17, 15) is 9.59 Å². The topological polar surface area (TPSA) is 73.2 Å². The summed E-state index contributed by atoms with van der Waals surface area (Å²) in [6.45, 7) is 3.89. The fourth-order valence-corrected chi connectivity index (χ4v) is 3.40. The highest BCUT2D eigenvalue weighted by Crippen LogP contribution is 2.34. The van der Waals surface area contributed by atoms with Crippen molar-refractivity contribution in [1.82, 2.24) is 10.2 Å². The highest BCUT2D eigenvalue weighted by Gasteiger charge is 2.25. The van der Waals surface area contributed by atoms with E-state index >= 15 is 0 Å². The smallest absolute Gasteiger partial charge is 0.257 e. The third-order valence-electron chi connectivity index (χ3n) is 4.19. The standard InChI is InChI=1S/C21H21Cl2N3O2/c1-13(2)11-18(21(28)26(3)12-24)25-20(27)15-9-7-14(8-10-15)19-16(22)5-4-6-17(19)23/h4-10,13,18H,11H2,1-3H3,(H,25,27)/t18-/m0/s1. The second kappa shape index (κ2) is 9.59. The van der Waals surface area contributed by atoms with E-state index in [0.29, 0.717) is 27.6 Å². The quantitative estimate of drug-likeness (QED) is 0.544. The molecule has 146 valence electrons. The van der Waals surface area contributed by atoms with E-state index in [0.717, 1.165) is 10.5 Å². The number of hydrogen-bond donors (Lipinski definition) is 1. The Hall–Kier alpha value is -2.55. The lowest BCUT2D eigenvalue weighted by Crippen LogP contribution is -2.46. The average molecular weight is 418 g/mol. The Balaban J connectivity index is 2.21. The number of amides is 2. The third kappa shape index (κ3) is 5.25. The zero-order valence-corrected chi connectivity index (χ0v) is 17.4. The Morgan fingerprint density at radius 2 is 1.68 bits per heavy atom. The van der Waals surface area contributed by atoms with Crippen molar-refractivity contribution in [3.8, 4) is 17.3 Å². The number of hydrogen-bond acceptors (Lipinski definition) is 3. The van der Waals surface area contributed by atoms with Gasteiger partial charge in [-0.05, 0) is 42.2 Å². The van der Waals surface area contributed by atoms with Crippen molar-refractivity contribution in [3.05, 3.63) is 58.1 Å². The maximum absolute atomic E-state index is 12.6. The Labute approximate surface area is 174 Å². The number of likely N-dealkylation sites (N-methyl/N-ethyl adjacent to an activating group) is 1. The minimum absolute atomic E-state index is 0.172. The van der Waals surface area contributed by atoms with Crippen LogP contribution in [0.1, 0.15) is 30.6 Å². The summed E-state index contributed by atoms with van der Waals surface area (Å²) in [5, 5.41) is 12.7. The van der Waals surface area contributed by atoms with Crippen LogP contribution in [0.25, 0.3) is 11.1 Å². The molecule has 28 heavy (non-hydrogen) atoms. The monoisotopic (exact) mass is 417 g/mol. The zero-order valence-electron chi connectivity index (χ0n) is 15.9. The number of carbonyl (C=O) groups excluding carboxylic acids is 2. The van der Waals surface area contributed by atoms with Crippen molar-refractivity contribution < 1.29 is 9.59 Å². The molecule has 7 heteroatoms. The van der Waals surface area contributed by atoms with E-state index in [4.69, 9.17) is 28.5 Å². The fraction of sp³-hybridized carbons (Fsp3) is 0.286. The summed E-state index contributed by atoms with van der Waals surface area (Å²) in [5.74, 6) is -0.655. The van der Waals surface area contributed by atoms with Crippen LogP contribution in [-0.2, 0) is 4.79 Å². The first kappa shape index (κ1) is 21.7. The van der Waals surface area contributed by atoms with E-state index in [1.165, 1.54) is 7.05 Å². The summed E-state index contributed by atoms with van der Waals surface area (Å²) < 4.78 is 0. The molecule has 0 bridgehead atoms. The highest BCUT2D eigenvalue weighted by molar-refractivity contribution is 6.39. The molecular formula is C21H21Cl2N3O2. The normalized spacial score (nSPS) is 11.6. The predicted octanol–water partition coefficient (Wildman–Crippen LogP) is 4.74. The number of nitrogens with one attached hydrogen (secondary N) is 1. The first-order chi connectivity index (χ1) is 13.2. The number of nitriles is 1. The van der Waals surface area contributed by atoms with Gasteiger partial charge in [0.1, 0.15) is 6.04 Å². The summed E-state index contributed by atoms with van der Waals surface area (Å²) in [6.07, 6.45) is 2.21. The van der Waals surface area contributed by atoms with Gasteiger partial charge < -0.3 is 5.32 Å². The van der Waals surface area contributed by atoms with E-state index in [-0.39, 0.29) is 11.8 Å². The van der Waals surface area contributed by atoms with Gasteiger partial charge in [-0.25, -0.2) is 0 Å². The molecule has 0 saturated carbocycles. The molecule has 5 nitrogen and oxygen atoms in total. The molecule has 0 radical (unpaired) electrons. The fourth-order valence-electron chi connectivity index (χ4n) is 2.78. The van der Waals surface area contributed by atoms with Gasteiger partial charge in [0.15, 0.2) is 6.19 Å². The Kier molecular flexibility index (Phi) is 7.45. The molecule has 0 aromatic heterocycles. The number of benzene rings is 2. The SMILES string of the molecule is CC(C)C[C@H](NC(=O)c1ccc(-c2c(Cl)cccc2Cl)cc1)C(=O)N(C)C#N.